The van der Waals surface area contributed by atoms with E-state index in [1.807, 2.05) is 55.4 Å². The Morgan fingerprint density at radius 2 is 1.22 bits per heavy atom. The first-order chi connectivity index (χ1) is 8.15. The summed E-state index contributed by atoms with van der Waals surface area (Å²) in [4.78, 5) is 1.86. The summed E-state index contributed by atoms with van der Waals surface area (Å²) >= 11 is 0. The average Bonchev–Trinajstić information content (AvgIpc) is 2.63. The van der Waals surface area contributed by atoms with Crippen LogP contribution in [0.15, 0.2) is 48.5 Å². The number of rotatable bonds is 1. The van der Waals surface area contributed by atoms with Crippen molar-refractivity contribution in [2.75, 3.05) is 14.1 Å². The Bertz CT molecular complexity index is 529. The van der Waals surface area contributed by atoms with E-state index in [-0.39, 0.29) is 7.43 Å². The molecule has 93 valence electrons. The summed E-state index contributed by atoms with van der Waals surface area (Å²) in [6.45, 7) is 0. The minimum atomic E-state index is -1.01. The summed E-state index contributed by atoms with van der Waals surface area (Å²) in [7, 11) is 3.80. The zero-order chi connectivity index (χ0) is 12.0. The highest BCUT2D eigenvalue weighted by molar-refractivity contribution is 5.79. The first kappa shape index (κ1) is 12.8. The van der Waals surface area contributed by atoms with Gasteiger partial charge in [-0.3, -0.25) is 4.90 Å². The lowest BCUT2D eigenvalue weighted by atomic mass is 10.00. The molecule has 0 spiro atoms. The number of aliphatic hydroxyl groups is 1. The number of fused-ring (bicyclic) bond motifs is 3. The first-order valence-corrected chi connectivity index (χ1v) is 5.75. The third-order valence-corrected chi connectivity index (χ3v) is 3.54. The van der Waals surface area contributed by atoms with Crippen molar-refractivity contribution < 1.29 is 5.11 Å². The second-order valence-corrected chi connectivity index (χ2v) is 4.66. The molecule has 0 aliphatic heterocycles. The van der Waals surface area contributed by atoms with Gasteiger partial charge in [-0.1, -0.05) is 56.0 Å². The van der Waals surface area contributed by atoms with Crippen molar-refractivity contribution in [1.29, 1.82) is 0 Å². The van der Waals surface area contributed by atoms with Crippen LogP contribution in [0.25, 0.3) is 11.1 Å². The fraction of sp³-hybridized carbons (Fsp3) is 0.188. The fourth-order valence-electron chi connectivity index (χ4n) is 2.67. The molecule has 2 nitrogen and oxygen atoms in total. The molecule has 0 saturated carbocycles. The SMILES string of the molecule is CN(C)C1(O)c2ccccc2-c2ccccc21.[CH3]. The quantitative estimate of drug-likeness (QED) is 0.775. The van der Waals surface area contributed by atoms with Crippen molar-refractivity contribution >= 4 is 0 Å². The molecule has 0 atom stereocenters. The van der Waals surface area contributed by atoms with Gasteiger partial charge in [-0.15, -0.1) is 0 Å². The topological polar surface area (TPSA) is 23.5 Å². The number of benzene rings is 2. The van der Waals surface area contributed by atoms with Crippen LogP contribution >= 0.6 is 0 Å². The van der Waals surface area contributed by atoms with Gasteiger partial charge in [-0.05, 0) is 25.2 Å². The van der Waals surface area contributed by atoms with Gasteiger partial charge in [0.15, 0.2) is 5.72 Å². The van der Waals surface area contributed by atoms with E-state index < -0.39 is 5.72 Å². The molecule has 0 unspecified atom stereocenters. The Morgan fingerprint density at radius 1 is 0.833 bits per heavy atom. The Morgan fingerprint density at radius 3 is 1.61 bits per heavy atom. The van der Waals surface area contributed by atoms with E-state index in [1.54, 1.807) is 0 Å². The van der Waals surface area contributed by atoms with Crippen molar-refractivity contribution in [2.45, 2.75) is 5.72 Å². The van der Waals surface area contributed by atoms with E-state index in [4.69, 9.17) is 0 Å². The maximum absolute atomic E-state index is 11.0. The molecule has 18 heavy (non-hydrogen) atoms. The lowest BCUT2D eigenvalue weighted by Crippen LogP contribution is -2.40. The molecular weight excluding hydrogens is 222 g/mol. The third kappa shape index (κ3) is 1.43. The van der Waals surface area contributed by atoms with Crippen LogP contribution in [0.2, 0.25) is 0 Å². The highest BCUT2D eigenvalue weighted by atomic mass is 16.3. The highest BCUT2D eigenvalue weighted by Crippen LogP contribution is 2.47. The summed E-state index contributed by atoms with van der Waals surface area (Å²) < 4.78 is 0. The van der Waals surface area contributed by atoms with E-state index in [9.17, 15) is 5.11 Å². The van der Waals surface area contributed by atoms with Crippen LogP contribution in [0.5, 0.6) is 0 Å². The molecule has 1 aliphatic rings. The van der Waals surface area contributed by atoms with Gasteiger partial charge in [-0.2, -0.15) is 0 Å². The summed E-state index contributed by atoms with van der Waals surface area (Å²) in [5, 5.41) is 11.0. The summed E-state index contributed by atoms with van der Waals surface area (Å²) in [5.74, 6) is 0. The van der Waals surface area contributed by atoms with Gasteiger partial charge in [0.05, 0.1) is 0 Å². The van der Waals surface area contributed by atoms with Gasteiger partial charge < -0.3 is 5.11 Å². The van der Waals surface area contributed by atoms with Crippen molar-refractivity contribution in [2.24, 2.45) is 0 Å². The molecule has 0 amide bonds. The van der Waals surface area contributed by atoms with Gasteiger partial charge in [0.2, 0.25) is 0 Å². The molecule has 1 N–H and O–H groups in total. The van der Waals surface area contributed by atoms with Crippen LogP contribution in [0, 0.1) is 7.43 Å². The summed E-state index contributed by atoms with van der Waals surface area (Å²) in [5.41, 5.74) is 3.17. The summed E-state index contributed by atoms with van der Waals surface area (Å²) in [6, 6.07) is 16.1. The molecule has 2 aromatic carbocycles. The predicted molar refractivity (Wildman–Crippen MR) is 75.0 cm³/mol. The van der Waals surface area contributed by atoms with E-state index >= 15 is 0 Å². The second-order valence-electron chi connectivity index (χ2n) is 4.66. The Hall–Kier alpha value is -1.64. The molecule has 0 bridgehead atoms. The lowest BCUT2D eigenvalue weighted by Gasteiger charge is -2.32. The molecule has 0 saturated heterocycles. The van der Waals surface area contributed by atoms with Crippen LogP contribution in [0.3, 0.4) is 0 Å². The molecule has 1 aliphatic carbocycles. The minimum Gasteiger partial charge on any atom is -0.367 e. The zero-order valence-electron chi connectivity index (χ0n) is 11.0. The van der Waals surface area contributed by atoms with Crippen molar-refractivity contribution in [3.63, 3.8) is 0 Å². The van der Waals surface area contributed by atoms with Crippen molar-refractivity contribution in [3.05, 3.63) is 67.1 Å². The molecule has 0 fully saturated rings. The Balaban J connectivity index is 0.00000120. The zero-order valence-corrected chi connectivity index (χ0v) is 11.0. The van der Waals surface area contributed by atoms with Crippen LogP contribution in [0.1, 0.15) is 11.1 Å². The van der Waals surface area contributed by atoms with Gasteiger partial charge in [-0.25, -0.2) is 0 Å². The molecule has 2 heteroatoms. The summed E-state index contributed by atoms with van der Waals surface area (Å²) in [6.07, 6.45) is 0. The van der Waals surface area contributed by atoms with E-state index in [0.29, 0.717) is 0 Å². The molecule has 0 aromatic heterocycles. The third-order valence-electron chi connectivity index (χ3n) is 3.54. The molecule has 1 radical (unpaired) electrons. The smallest absolute Gasteiger partial charge is 0.171 e. The van der Waals surface area contributed by atoms with Gasteiger partial charge in [0, 0.05) is 11.1 Å². The maximum atomic E-state index is 11.0. The van der Waals surface area contributed by atoms with Crippen molar-refractivity contribution in [3.8, 4) is 11.1 Å². The number of hydrogen-bond donors (Lipinski definition) is 1. The van der Waals surface area contributed by atoms with Gasteiger partial charge >= 0.3 is 0 Å². The Labute approximate surface area is 109 Å². The van der Waals surface area contributed by atoms with Crippen LogP contribution in [0.4, 0.5) is 0 Å². The molecule has 3 rings (SSSR count). The molecule has 0 heterocycles. The van der Waals surface area contributed by atoms with Crippen LogP contribution in [-0.4, -0.2) is 24.1 Å². The normalized spacial score (nSPS) is 14.9. The van der Waals surface area contributed by atoms with Gasteiger partial charge in [0.25, 0.3) is 0 Å². The largest absolute Gasteiger partial charge is 0.367 e. The van der Waals surface area contributed by atoms with Gasteiger partial charge in [0.1, 0.15) is 0 Å². The monoisotopic (exact) mass is 240 g/mol. The van der Waals surface area contributed by atoms with Crippen molar-refractivity contribution in [1.82, 2.24) is 4.90 Å². The Kier molecular flexibility index (Phi) is 3.01. The molecule has 2 aromatic rings. The number of hydrogen-bond acceptors (Lipinski definition) is 2. The van der Waals surface area contributed by atoms with E-state index in [0.717, 1.165) is 22.3 Å². The number of nitrogens with zero attached hydrogens (tertiary/aromatic N) is 1. The highest BCUT2D eigenvalue weighted by Gasteiger charge is 2.42. The molecular formula is C16H18NO. The fourth-order valence-corrected chi connectivity index (χ4v) is 2.67. The van der Waals surface area contributed by atoms with E-state index in [1.165, 1.54) is 0 Å². The average molecular weight is 240 g/mol. The van der Waals surface area contributed by atoms with Crippen LogP contribution < -0.4 is 0 Å². The maximum Gasteiger partial charge on any atom is 0.171 e. The standard InChI is InChI=1S/C15H15NO.CH3/c1-16(2)15(17)13-9-5-3-7-11(13)12-8-4-6-10-14(12)15;/h3-10,17H,1-2H3;1H3. The first-order valence-electron chi connectivity index (χ1n) is 5.75. The second kappa shape index (κ2) is 4.23. The van der Waals surface area contributed by atoms with Crippen LogP contribution in [-0.2, 0) is 5.72 Å². The minimum absolute atomic E-state index is 0. The predicted octanol–water partition coefficient (Wildman–Crippen LogP) is 2.87. The lowest BCUT2D eigenvalue weighted by molar-refractivity contribution is -0.0468. The van der Waals surface area contributed by atoms with E-state index in [2.05, 4.69) is 12.1 Å².